The Morgan fingerprint density at radius 3 is 2.60 bits per heavy atom. The molecule has 0 unspecified atom stereocenters. The van der Waals surface area contributed by atoms with Crippen molar-refractivity contribution < 1.29 is 0 Å². The van der Waals surface area contributed by atoms with Crippen LogP contribution < -0.4 is 5.56 Å². The molecule has 0 aliphatic heterocycles. The van der Waals surface area contributed by atoms with E-state index in [0.717, 1.165) is 35.4 Å². The molecule has 0 atom stereocenters. The molecular weight excluding hydrogens is 250 g/mol. The molecule has 4 heteroatoms. The van der Waals surface area contributed by atoms with Gasteiger partial charge in [-0.2, -0.15) is 0 Å². The maximum atomic E-state index is 12.4. The molecule has 0 aromatic carbocycles. The first-order valence-electron chi connectivity index (χ1n) is 7.71. The van der Waals surface area contributed by atoms with Gasteiger partial charge in [-0.05, 0) is 26.7 Å². The number of rotatable bonds is 7. The van der Waals surface area contributed by atoms with E-state index in [4.69, 9.17) is 0 Å². The van der Waals surface area contributed by atoms with Gasteiger partial charge in [-0.15, -0.1) is 0 Å². The Kier molecular flexibility index (Phi) is 4.99. The fourth-order valence-electron chi connectivity index (χ4n) is 2.66. The third-order valence-corrected chi connectivity index (χ3v) is 3.82. The van der Waals surface area contributed by atoms with E-state index in [1.807, 2.05) is 19.9 Å². The number of H-pyrrole nitrogens is 1. The van der Waals surface area contributed by atoms with Crippen LogP contribution in [0.1, 0.15) is 62.4 Å². The summed E-state index contributed by atoms with van der Waals surface area (Å²) in [6.45, 7) is 6.11. The van der Waals surface area contributed by atoms with Crippen LogP contribution in [0.4, 0.5) is 0 Å². The van der Waals surface area contributed by atoms with Crippen LogP contribution in [-0.2, 0) is 6.42 Å². The summed E-state index contributed by atoms with van der Waals surface area (Å²) in [5, 5.41) is 3.05. The lowest BCUT2D eigenvalue weighted by Crippen LogP contribution is -2.21. The summed E-state index contributed by atoms with van der Waals surface area (Å²) >= 11 is 0. The summed E-state index contributed by atoms with van der Waals surface area (Å²) in [6.07, 6.45) is 8.28. The van der Waals surface area contributed by atoms with E-state index < -0.39 is 0 Å². The highest BCUT2D eigenvalue weighted by Gasteiger charge is 2.10. The summed E-state index contributed by atoms with van der Waals surface area (Å²) in [6, 6.07) is 1.91. The molecule has 0 aliphatic rings. The number of hydrogen-bond acceptors (Lipinski definition) is 2. The van der Waals surface area contributed by atoms with E-state index in [0.29, 0.717) is 0 Å². The van der Waals surface area contributed by atoms with Crippen molar-refractivity contribution in [3.8, 4) is 0 Å². The van der Waals surface area contributed by atoms with Gasteiger partial charge >= 0.3 is 0 Å². The summed E-state index contributed by atoms with van der Waals surface area (Å²) in [7, 11) is 0. The van der Waals surface area contributed by atoms with Crippen LogP contribution in [0.2, 0.25) is 0 Å². The van der Waals surface area contributed by atoms with Crippen LogP contribution >= 0.6 is 0 Å². The van der Waals surface area contributed by atoms with E-state index in [2.05, 4.69) is 17.0 Å². The van der Waals surface area contributed by atoms with Crippen LogP contribution in [0.15, 0.2) is 10.9 Å². The van der Waals surface area contributed by atoms with E-state index >= 15 is 0 Å². The Morgan fingerprint density at radius 2 is 1.85 bits per heavy atom. The van der Waals surface area contributed by atoms with Gasteiger partial charge in [-0.25, -0.2) is 9.50 Å². The summed E-state index contributed by atoms with van der Waals surface area (Å²) < 4.78 is 1.56. The second-order valence-electron chi connectivity index (χ2n) is 5.63. The molecule has 4 nitrogen and oxygen atoms in total. The highest BCUT2D eigenvalue weighted by Crippen LogP contribution is 2.11. The zero-order valence-corrected chi connectivity index (χ0v) is 12.8. The fraction of sp³-hybridized carbons (Fsp3) is 0.625. The Bertz CT molecular complexity index is 624. The second-order valence-corrected chi connectivity index (χ2v) is 5.63. The lowest BCUT2D eigenvalue weighted by molar-refractivity contribution is 0.604. The predicted octanol–water partition coefficient (Wildman–Crippen LogP) is 3.54. The molecule has 1 N–H and O–H groups in total. The highest BCUT2D eigenvalue weighted by molar-refractivity contribution is 5.41. The maximum absolute atomic E-state index is 12.4. The molecule has 0 saturated carbocycles. The molecule has 0 fully saturated rings. The average molecular weight is 275 g/mol. The lowest BCUT2D eigenvalue weighted by atomic mass is 10.1. The van der Waals surface area contributed by atoms with Crippen LogP contribution in [0.3, 0.4) is 0 Å². The fourth-order valence-corrected chi connectivity index (χ4v) is 2.66. The van der Waals surface area contributed by atoms with Crippen LogP contribution in [0.25, 0.3) is 5.65 Å². The van der Waals surface area contributed by atoms with Gasteiger partial charge < -0.3 is 0 Å². The summed E-state index contributed by atoms with van der Waals surface area (Å²) in [4.78, 5) is 16.9. The third-order valence-electron chi connectivity index (χ3n) is 3.82. The van der Waals surface area contributed by atoms with Gasteiger partial charge in [0.05, 0.1) is 0 Å². The van der Waals surface area contributed by atoms with Gasteiger partial charge in [-0.1, -0.05) is 39.0 Å². The van der Waals surface area contributed by atoms with Crippen LogP contribution in [-0.4, -0.2) is 14.6 Å². The van der Waals surface area contributed by atoms with Crippen LogP contribution in [0, 0.1) is 13.8 Å². The van der Waals surface area contributed by atoms with Crippen molar-refractivity contribution in [2.45, 2.75) is 65.7 Å². The largest absolute Gasteiger partial charge is 0.294 e. The first-order valence-corrected chi connectivity index (χ1v) is 7.71. The Balaban J connectivity index is 2.04. The van der Waals surface area contributed by atoms with E-state index in [1.54, 1.807) is 4.52 Å². The van der Waals surface area contributed by atoms with Crippen LogP contribution in [0.5, 0.6) is 0 Å². The number of nitrogens with one attached hydrogen (secondary N) is 1. The van der Waals surface area contributed by atoms with Crippen molar-refractivity contribution in [2.75, 3.05) is 0 Å². The number of nitrogens with zero attached hydrogens (tertiary/aromatic N) is 2. The molecule has 110 valence electrons. The summed E-state index contributed by atoms with van der Waals surface area (Å²) in [5.74, 6) is 0. The molecule has 0 radical (unpaired) electrons. The molecule has 2 rings (SSSR count). The van der Waals surface area contributed by atoms with Gasteiger partial charge in [0.1, 0.15) is 0 Å². The van der Waals surface area contributed by atoms with Crippen molar-refractivity contribution in [3.63, 3.8) is 0 Å². The molecule has 0 bridgehead atoms. The first kappa shape index (κ1) is 14.8. The molecule has 0 amide bonds. The van der Waals surface area contributed by atoms with Gasteiger partial charge in [0, 0.05) is 23.0 Å². The zero-order valence-electron chi connectivity index (χ0n) is 12.8. The number of aromatic amines is 1. The highest BCUT2D eigenvalue weighted by atomic mass is 16.1. The quantitative estimate of drug-likeness (QED) is 0.786. The number of fused-ring (bicyclic) bond motifs is 1. The molecular formula is C16H25N3O. The average Bonchev–Trinajstić information content (AvgIpc) is 2.77. The third kappa shape index (κ3) is 3.30. The van der Waals surface area contributed by atoms with Crippen molar-refractivity contribution in [1.82, 2.24) is 14.6 Å². The molecule has 20 heavy (non-hydrogen) atoms. The Labute approximate surface area is 120 Å². The molecule has 0 spiro atoms. The van der Waals surface area contributed by atoms with E-state index in [1.165, 1.54) is 32.1 Å². The lowest BCUT2D eigenvalue weighted by Gasteiger charge is -2.05. The van der Waals surface area contributed by atoms with Gasteiger partial charge in [0.15, 0.2) is 5.65 Å². The summed E-state index contributed by atoms with van der Waals surface area (Å²) in [5.41, 5.74) is 3.49. The van der Waals surface area contributed by atoms with Gasteiger partial charge in [0.25, 0.3) is 5.56 Å². The van der Waals surface area contributed by atoms with E-state index in [9.17, 15) is 4.79 Å². The minimum atomic E-state index is 0.0640. The number of hydrogen-bond donors (Lipinski definition) is 1. The second kappa shape index (κ2) is 6.73. The topological polar surface area (TPSA) is 50.2 Å². The van der Waals surface area contributed by atoms with Gasteiger partial charge in [0.2, 0.25) is 0 Å². The van der Waals surface area contributed by atoms with Crippen molar-refractivity contribution in [1.29, 1.82) is 0 Å². The molecule has 0 aliphatic carbocycles. The number of aryl methyl sites for hydroxylation is 2. The minimum Gasteiger partial charge on any atom is -0.294 e. The number of unbranched alkanes of at least 4 members (excludes halogenated alkanes) is 5. The SMILES string of the molecule is CCCCCCCCc1c(C)nc2cc(C)[nH]n2c1=O. The first-order chi connectivity index (χ1) is 9.63. The van der Waals surface area contributed by atoms with Crippen molar-refractivity contribution >= 4 is 5.65 Å². The maximum Gasteiger partial charge on any atom is 0.276 e. The monoisotopic (exact) mass is 275 g/mol. The normalized spacial score (nSPS) is 11.3. The Hall–Kier alpha value is -1.58. The molecule has 2 heterocycles. The predicted molar refractivity (Wildman–Crippen MR) is 82.4 cm³/mol. The smallest absolute Gasteiger partial charge is 0.276 e. The molecule has 0 saturated heterocycles. The van der Waals surface area contributed by atoms with Crippen molar-refractivity contribution in [3.05, 3.63) is 33.4 Å². The molecule has 2 aromatic rings. The van der Waals surface area contributed by atoms with Gasteiger partial charge in [-0.3, -0.25) is 9.89 Å². The van der Waals surface area contributed by atoms with Crippen molar-refractivity contribution in [2.24, 2.45) is 0 Å². The minimum absolute atomic E-state index is 0.0640. The molecule has 2 aromatic heterocycles. The van der Waals surface area contributed by atoms with E-state index in [-0.39, 0.29) is 5.56 Å². The number of aromatic nitrogens is 3. The zero-order chi connectivity index (χ0) is 14.5. The Morgan fingerprint density at radius 1 is 1.15 bits per heavy atom. The standard InChI is InChI=1S/C16H25N3O/c1-4-5-6-7-8-9-10-14-13(3)17-15-11-12(2)18-19(15)16(14)20/h11,18H,4-10H2,1-3H3.